The fraction of sp³-hybridized carbons (Fsp3) is 0.974. The van der Waals surface area contributed by atoms with E-state index in [2.05, 4.69) is 54.1 Å². The molecule has 0 saturated carbocycles. The SMILES string of the molecule is CCCCCCCCCCCCCCCCCC(=O)NCCCOC1O[C@H](COS(=O)(=O)[O-])C(OC2O[C@H](COS(=O)(=O)[O-])C(OC3O[C@H](COS(=O)(=O)[O-])[C@@H](OS(=O)(=O)[O-])[C@H](OS(=O)(=O)[O-])[C@H]3OS(=O)(=O)[O-])[C@H](OS(=O)(=O)[O-])[C@H]2OS(=O)(=O)[O-])[C@H](OS(=O)(=O)[O-])[C@H]1OS(=O)(=O)[O-].[Na+].[Na+].[Na+].[Na+].[Na+].[Na+].[Na+].[Na+].[Na+].[Na+]. The third kappa shape index (κ3) is 60.2. The number of nitrogens with one attached hydrogen (secondary N) is 1. The second-order valence-electron chi connectivity index (χ2n) is 20.5. The van der Waals surface area contributed by atoms with Crippen LogP contribution in [0, 0.1) is 0 Å². The standard InChI is InChI=1S/C39H73NO47S10.10Na/c1-2-3-4-5-6-7-8-9-10-11-12-13-14-15-16-18-27(41)40-19-17-20-72-37-34(85-95(63,64)65)31(82-92(54,55)56)28(24(76-37)21-73-88(42,43)44)79-38-35(86-96(66,67)68)32(83-93(57,58)59)29(25(77-38)22-74-89(45,46)47)80-39-36(87-97(69,70)71)33(84-94(60,61)62)30(81-91(51,52)53)26(78-39)23-75-90(48,49)50;;;;;;;;;;/h24-26,28-39H,2-23H2,1H3,(H,40,41)(H,42,43,44)(H,45,46,47)(H,48,49,50)(H,51,52,53)(H,54,55,56)(H,57,58,59)(H,60,61,62)(H,63,64,65)(H,66,67,68)(H,69,70,71);;;;;;;;;;/q;10*+1/p-10/t24-,25-,26-,28?,29?,30-,31+,32+,33+,34-,35-,36-,37?,38?,39?;;;;;;;;;;/m1........../s1. The molecule has 0 bridgehead atoms. The molecular formula is C39H63NNa10O47S10. The predicted molar refractivity (Wildman–Crippen MR) is 288 cm³/mol. The summed E-state index contributed by atoms with van der Waals surface area (Å²) < 4.78 is 435. The van der Waals surface area contributed by atoms with Crippen molar-refractivity contribution >= 4 is 110 Å². The predicted octanol–water partition coefficient (Wildman–Crippen LogP) is -35.9. The summed E-state index contributed by atoms with van der Waals surface area (Å²) in [7, 11) is -65.5. The van der Waals surface area contributed by atoms with Crippen LogP contribution in [0.3, 0.4) is 0 Å². The van der Waals surface area contributed by atoms with Crippen molar-refractivity contribution < 1.29 is 500 Å². The number of ether oxygens (including phenoxy) is 6. The second-order valence-corrected chi connectivity index (χ2v) is 30.7. The van der Waals surface area contributed by atoms with Crippen molar-refractivity contribution in [1.29, 1.82) is 0 Å². The molecule has 0 radical (unpaired) electrons. The summed E-state index contributed by atoms with van der Waals surface area (Å²) in [6, 6.07) is 0. The van der Waals surface area contributed by atoms with Crippen LogP contribution in [0.5, 0.6) is 0 Å². The van der Waals surface area contributed by atoms with Crippen LogP contribution in [0.1, 0.15) is 116 Å². The molecule has 3 rings (SSSR count). The molecule has 5 unspecified atom stereocenters. The minimum atomic E-state index is -6.89. The number of hydrogen-bond donors (Lipinski definition) is 1. The first-order valence-corrected chi connectivity index (χ1v) is 41.0. The van der Waals surface area contributed by atoms with Crippen LogP contribution in [-0.2, 0) is 179 Å². The molecule has 576 valence electrons. The fourth-order valence-electron chi connectivity index (χ4n) is 9.43. The van der Waals surface area contributed by atoms with E-state index in [9.17, 15) is 135 Å². The Morgan fingerprint density at radius 1 is 0.299 bits per heavy atom. The van der Waals surface area contributed by atoms with Gasteiger partial charge < -0.3 is 79.3 Å². The Hall–Kier alpha value is 7.93. The van der Waals surface area contributed by atoms with Gasteiger partial charge in [0, 0.05) is 13.0 Å². The van der Waals surface area contributed by atoms with Crippen molar-refractivity contribution in [2.45, 2.75) is 208 Å². The van der Waals surface area contributed by atoms with Crippen LogP contribution < -0.4 is 301 Å². The van der Waals surface area contributed by atoms with E-state index in [-0.39, 0.29) is 315 Å². The largest absolute Gasteiger partial charge is 1.00 e. The summed E-state index contributed by atoms with van der Waals surface area (Å²) in [5.74, 6) is -0.520. The summed E-state index contributed by atoms with van der Waals surface area (Å²) in [6.07, 6.45) is -37.1. The minimum Gasteiger partial charge on any atom is -0.726 e. The molecule has 1 amide bonds. The van der Waals surface area contributed by atoms with Gasteiger partial charge in [-0.25, -0.2) is 84.2 Å². The maximum atomic E-state index is 12.6. The normalized spacial score (nSPS) is 25.2. The molecule has 3 aliphatic heterocycles. The summed E-state index contributed by atoms with van der Waals surface area (Å²) in [5.41, 5.74) is 0. The Morgan fingerprint density at radius 2 is 0.533 bits per heavy atom. The zero-order valence-electron chi connectivity index (χ0n) is 59.5. The molecule has 0 aromatic heterocycles. The van der Waals surface area contributed by atoms with Gasteiger partial charge in [0.05, 0.1) is 26.4 Å². The monoisotopic (exact) mass is 1850 g/mol. The molecule has 1 N–H and O–H groups in total. The molecule has 0 spiro atoms. The van der Waals surface area contributed by atoms with Gasteiger partial charge in [-0.05, 0) is 12.8 Å². The molecule has 0 aromatic rings. The molecule has 3 saturated heterocycles. The Balaban J connectivity index is -0.00000163. The third-order valence-corrected chi connectivity index (χ3v) is 17.5. The number of carbonyl (C=O) groups is 1. The summed E-state index contributed by atoms with van der Waals surface area (Å²) in [5, 5.41) is 2.47. The third-order valence-electron chi connectivity index (χ3n) is 13.0. The number of rotatable bonds is 48. The molecule has 3 aliphatic rings. The van der Waals surface area contributed by atoms with Crippen LogP contribution >= 0.6 is 0 Å². The van der Waals surface area contributed by atoms with Gasteiger partial charge >= 0.3 is 296 Å². The quantitative estimate of drug-likeness (QED) is 0.0256. The van der Waals surface area contributed by atoms with Crippen LogP contribution in [0.2, 0.25) is 0 Å². The molecule has 3 fully saturated rings. The van der Waals surface area contributed by atoms with Crippen molar-refractivity contribution in [2.24, 2.45) is 0 Å². The first-order valence-electron chi connectivity index (χ1n) is 27.7. The Labute approximate surface area is 842 Å². The Bertz CT molecular complexity index is 3720. The molecule has 0 aliphatic carbocycles. The van der Waals surface area contributed by atoms with Gasteiger partial charge in [-0.15, -0.1) is 0 Å². The smallest absolute Gasteiger partial charge is 0.726 e. The first kappa shape index (κ1) is 130. The maximum Gasteiger partial charge on any atom is 1.00 e. The van der Waals surface area contributed by atoms with E-state index < -0.39 is 228 Å². The van der Waals surface area contributed by atoms with Gasteiger partial charge in [0.15, 0.2) is 37.2 Å². The van der Waals surface area contributed by atoms with Gasteiger partial charge in [0.2, 0.25) is 110 Å². The summed E-state index contributed by atoms with van der Waals surface area (Å²) in [4.78, 5) is 12.6. The fourth-order valence-corrected chi connectivity index (χ4v) is 13.7. The van der Waals surface area contributed by atoms with E-state index in [0.717, 1.165) is 44.9 Å². The molecule has 15 atom stereocenters. The zero-order valence-corrected chi connectivity index (χ0v) is 87.7. The van der Waals surface area contributed by atoms with Gasteiger partial charge in [0.1, 0.15) is 54.9 Å². The number of carbonyl (C=O) groups excluding carboxylic acids is 1. The van der Waals surface area contributed by atoms with Crippen molar-refractivity contribution in [1.82, 2.24) is 5.32 Å². The van der Waals surface area contributed by atoms with Crippen molar-refractivity contribution in [2.75, 3.05) is 33.0 Å². The van der Waals surface area contributed by atoms with Crippen LogP contribution in [0.4, 0.5) is 0 Å². The van der Waals surface area contributed by atoms with E-state index in [1.54, 1.807) is 0 Å². The first-order chi connectivity index (χ1) is 44.2. The van der Waals surface area contributed by atoms with Gasteiger partial charge in [0.25, 0.3) is 0 Å². The maximum absolute atomic E-state index is 12.6. The van der Waals surface area contributed by atoms with E-state index in [1.807, 2.05) is 0 Å². The van der Waals surface area contributed by atoms with Gasteiger partial charge in [-0.3, -0.25) is 46.6 Å². The molecule has 0 aromatic carbocycles. The Morgan fingerprint density at radius 3 is 0.813 bits per heavy atom. The molecule has 107 heavy (non-hydrogen) atoms. The average Bonchev–Trinajstić information content (AvgIpc) is 0.759. The van der Waals surface area contributed by atoms with Crippen molar-refractivity contribution in [3.05, 3.63) is 0 Å². The van der Waals surface area contributed by atoms with E-state index >= 15 is 0 Å². The van der Waals surface area contributed by atoms with Crippen LogP contribution in [-0.4, -0.2) is 261 Å². The molecule has 48 nitrogen and oxygen atoms in total. The Kier molecular flexibility index (Phi) is 73.8. The van der Waals surface area contributed by atoms with E-state index in [4.69, 9.17) is 28.4 Å². The van der Waals surface area contributed by atoms with Crippen LogP contribution in [0.15, 0.2) is 0 Å². The second kappa shape index (κ2) is 60.5. The average molecular weight is 1850 g/mol. The molecule has 3 heterocycles. The summed E-state index contributed by atoms with van der Waals surface area (Å²) >= 11 is 0. The zero-order chi connectivity index (χ0) is 73.8. The molecule has 68 heteroatoms. The van der Waals surface area contributed by atoms with E-state index in [0.29, 0.717) is 12.8 Å². The van der Waals surface area contributed by atoms with Crippen molar-refractivity contribution in [3.63, 3.8) is 0 Å². The van der Waals surface area contributed by atoms with E-state index in [1.165, 1.54) is 38.5 Å². The summed E-state index contributed by atoms with van der Waals surface area (Å²) in [6.45, 7) is -5.67. The van der Waals surface area contributed by atoms with Gasteiger partial charge in [-0.1, -0.05) is 96.8 Å². The number of unbranched alkanes of at least 4 members (excludes halogenated alkanes) is 14. The van der Waals surface area contributed by atoms with Crippen LogP contribution in [0.25, 0.3) is 0 Å². The van der Waals surface area contributed by atoms with Gasteiger partial charge in [-0.2, -0.15) is 0 Å². The number of hydrogen-bond acceptors (Lipinski definition) is 47. The minimum absolute atomic E-state index is 0. The number of amides is 1. The topological polar surface area (TPSA) is 749 Å². The van der Waals surface area contributed by atoms with Crippen molar-refractivity contribution in [3.8, 4) is 0 Å². The molecular weight excluding hydrogens is 1780 g/mol.